The number of carbonyl (C=O) groups is 1. The Morgan fingerprint density at radius 3 is 2.70 bits per heavy atom. The number of likely N-dealkylation sites (tertiary alicyclic amines) is 1. The lowest BCUT2D eigenvalue weighted by Gasteiger charge is -2.41. The van der Waals surface area contributed by atoms with E-state index in [-0.39, 0.29) is 11.3 Å². The lowest BCUT2D eigenvalue weighted by atomic mass is 9.72. The van der Waals surface area contributed by atoms with Crippen LogP contribution in [0.5, 0.6) is 0 Å². The van der Waals surface area contributed by atoms with Crippen molar-refractivity contribution >= 4 is 5.91 Å². The molecule has 1 fully saturated rings. The van der Waals surface area contributed by atoms with Crippen LogP contribution in [0.3, 0.4) is 0 Å². The molecule has 0 N–H and O–H groups in total. The first-order valence-electron chi connectivity index (χ1n) is 9.71. The van der Waals surface area contributed by atoms with Gasteiger partial charge in [-0.2, -0.15) is 0 Å². The van der Waals surface area contributed by atoms with E-state index < -0.39 is 0 Å². The number of amides is 1. The highest BCUT2D eigenvalue weighted by molar-refractivity contribution is 5.92. The largest absolute Gasteiger partial charge is 0.448 e. The predicted molar refractivity (Wildman–Crippen MR) is 97.4 cm³/mol. The molecule has 0 unspecified atom stereocenters. The van der Waals surface area contributed by atoms with Gasteiger partial charge in [-0.1, -0.05) is 0 Å². The average molecular weight is 373 g/mol. The molecule has 0 radical (unpaired) electrons. The lowest BCUT2D eigenvalue weighted by molar-refractivity contribution is 0.0530. The minimum Gasteiger partial charge on any atom is -0.448 e. The monoisotopic (exact) mass is 373 g/mol. The van der Waals surface area contributed by atoms with Crippen LogP contribution >= 0.6 is 0 Å². The number of fused-ring (bicyclic) bond motifs is 1. The summed E-state index contributed by atoms with van der Waals surface area (Å²) in [4.78, 5) is 18.7. The van der Waals surface area contributed by atoms with Gasteiger partial charge >= 0.3 is 0 Å². The van der Waals surface area contributed by atoms with Crippen LogP contribution < -0.4 is 0 Å². The standard InChI is InChI=1S/C19H27N5O3/c1-14-20-15(13-27-14)18(25)23-9-6-19(7-10-23)5-3-16-21-22-17(4-12-26-2)24(16)11-8-19/h13H,3-12H2,1-2H3. The molecule has 2 aromatic rings. The predicted octanol–water partition coefficient (Wildman–Crippen LogP) is 2.02. The maximum atomic E-state index is 12.6. The average Bonchev–Trinajstić information content (AvgIpc) is 3.25. The van der Waals surface area contributed by atoms with Crippen molar-refractivity contribution in [3.8, 4) is 0 Å². The normalized spacial score (nSPS) is 19.1. The van der Waals surface area contributed by atoms with Crippen molar-refractivity contribution in [3.05, 3.63) is 29.5 Å². The Morgan fingerprint density at radius 1 is 1.22 bits per heavy atom. The molecule has 2 aliphatic heterocycles. The van der Waals surface area contributed by atoms with Gasteiger partial charge in [-0.15, -0.1) is 10.2 Å². The van der Waals surface area contributed by atoms with Crippen LogP contribution in [-0.2, 0) is 24.1 Å². The molecule has 8 nitrogen and oxygen atoms in total. The first kappa shape index (κ1) is 18.2. The van der Waals surface area contributed by atoms with E-state index in [1.54, 1.807) is 14.0 Å². The Morgan fingerprint density at radius 2 is 2.00 bits per heavy atom. The number of hydrogen-bond donors (Lipinski definition) is 0. The summed E-state index contributed by atoms with van der Waals surface area (Å²) < 4.78 is 12.7. The smallest absolute Gasteiger partial charge is 0.275 e. The third-order valence-corrected chi connectivity index (χ3v) is 6.13. The zero-order valence-electron chi connectivity index (χ0n) is 16.1. The number of hydrogen-bond acceptors (Lipinski definition) is 6. The molecule has 8 heteroatoms. The van der Waals surface area contributed by atoms with Crippen molar-refractivity contribution in [1.29, 1.82) is 0 Å². The molecular weight excluding hydrogens is 346 g/mol. The highest BCUT2D eigenvalue weighted by atomic mass is 16.5. The quantitative estimate of drug-likeness (QED) is 0.815. The summed E-state index contributed by atoms with van der Waals surface area (Å²) in [5.74, 6) is 2.63. The number of carbonyl (C=O) groups excluding carboxylic acids is 1. The van der Waals surface area contributed by atoms with Crippen LogP contribution in [0.25, 0.3) is 0 Å². The van der Waals surface area contributed by atoms with Crippen molar-refractivity contribution in [3.63, 3.8) is 0 Å². The van der Waals surface area contributed by atoms with E-state index in [0.717, 1.165) is 69.8 Å². The fourth-order valence-electron chi connectivity index (χ4n) is 4.35. The Balaban J connectivity index is 1.39. The van der Waals surface area contributed by atoms with Gasteiger partial charge < -0.3 is 18.6 Å². The van der Waals surface area contributed by atoms with Gasteiger partial charge in [-0.05, 0) is 31.1 Å². The summed E-state index contributed by atoms with van der Waals surface area (Å²) in [6.45, 7) is 4.94. The van der Waals surface area contributed by atoms with E-state index in [4.69, 9.17) is 9.15 Å². The van der Waals surface area contributed by atoms with Gasteiger partial charge in [0.15, 0.2) is 11.6 Å². The van der Waals surface area contributed by atoms with Gasteiger partial charge in [0.25, 0.3) is 5.91 Å². The van der Waals surface area contributed by atoms with E-state index in [1.165, 1.54) is 6.26 Å². The number of rotatable bonds is 4. The molecule has 1 spiro atoms. The molecule has 1 amide bonds. The van der Waals surface area contributed by atoms with Gasteiger partial charge in [0.1, 0.15) is 17.9 Å². The number of piperidine rings is 1. The highest BCUT2D eigenvalue weighted by Gasteiger charge is 2.38. The van der Waals surface area contributed by atoms with Crippen molar-refractivity contribution < 1.29 is 13.9 Å². The van der Waals surface area contributed by atoms with Crippen LogP contribution in [0.1, 0.15) is 53.7 Å². The lowest BCUT2D eigenvalue weighted by Crippen LogP contribution is -2.43. The zero-order chi connectivity index (χ0) is 18.9. The minimum atomic E-state index is -0.0192. The Hall–Kier alpha value is -2.22. The fourth-order valence-corrected chi connectivity index (χ4v) is 4.35. The third-order valence-electron chi connectivity index (χ3n) is 6.13. The summed E-state index contributed by atoms with van der Waals surface area (Å²) in [5.41, 5.74) is 0.703. The van der Waals surface area contributed by atoms with Gasteiger partial charge in [0.05, 0.1) is 6.61 Å². The summed E-state index contributed by atoms with van der Waals surface area (Å²) in [7, 11) is 1.71. The molecule has 2 aromatic heterocycles. The van der Waals surface area contributed by atoms with Crippen LogP contribution in [0.4, 0.5) is 0 Å². The first-order valence-corrected chi connectivity index (χ1v) is 9.71. The zero-order valence-corrected chi connectivity index (χ0v) is 16.1. The SMILES string of the molecule is COCCc1nnc2n1CCC1(CC2)CCN(C(=O)c2coc(C)n2)CC1. The first-order chi connectivity index (χ1) is 13.1. The topological polar surface area (TPSA) is 86.3 Å². The van der Waals surface area contributed by atoms with Crippen molar-refractivity contribution in [2.75, 3.05) is 26.8 Å². The number of methoxy groups -OCH3 is 1. The van der Waals surface area contributed by atoms with E-state index >= 15 is 0 Å². The second kappa shape index (κ2) is 7.42. The Bertz CT molecular complexity index is 804. The highest BCUT2D eigenvalue weighted by Crippen LogP contribution is 2.41. The van der Waals surface area contributed by atoms with E-state index in [1.807, 2.05) is 4.90 Å². The van der Waals surface area contributed by atoms with Gasteiger partial charge in [-0.3, -0.25) is 4.79 Å². The summed E-state index contributed by atoms with van der Waals surface area (Å²) in [5, 5.41) is 8.75. The summed E-state index contributed by atoms with van der Waals surface area (Å²) >= 11 is 0. The number of oxazole rings is 1. The molecule has 0 saturated carbocycles. The van der Waals surface area contributed by atoms with Crippen LogP contribution in [0, 0.1) is 12.3 Å². The second-order valence-corrected chi connectivity index (χ2v) is 7.72. The second-order valence-electron chi connectivity index (χ2n) is 7.72. The number of nitrogens with zero attached hydrogens (tertiary/aromatic N) is 5. The molecule has 4 heterocycles. The molecule has 27 heavy (non-hydrogen) atoms. The maximum absolute atomic E-state index is 12.6. The van der Waals surface area contributed by atoms with Crippen LogP contribution in [0.2, 0.25) is 0 Å². The molecular formula is C19H27N5O3. The van der Waals surface area contributed by atoms with Crippen molar-refractivity contribution in [1.82, 2.24) is 24.6 Å². The van der Waals surface area contributed by atoms with Crippen LogP contribution in [-0.4, -0.2) is 57.4 Å². The van der Waals surface area contributed by atoms with Gasteiger partial charge in [0, 0.05) is 46.5 Å². The van der Waals surface area contributed by atoms with Crippen molar-refractivity contribution in [2.24, 2.45) is 5.41 Å². The molecule has 0 bridgehead atoms. The van der Waals surface area contributed by atoms with E-state index in [0.29, 0.717) is 18.2 Å². The molecule has 1 saturated heterocycles. The minimum absolute atomic E-state index is 0.0192. The Labute approximate surface area is 158 Å². The summed E-state index contributed by atoms with van der Waals surface area (Å²) in [6.07, 6.45) is 7.50. The molecule has 0 atom stereocenters. The molecule has 0 aliphatic carbocycles. The molecule has 0 aromatic carbocycles. The Kier molecular flexibility index (Phi) is 4.99. The van der Waals surface area contributed by atoms with Crippen molar-refractivity contribution in [2.45, 2.75) is 52.0 Å². The van der Waals surface area contributed by atoms with Gasteiger partial charge in [-0.25, -0.2) is 4.98 Å². The molecule has 2 aliphatic rings. The number of aryl methyl sites for hydroxylation is 2. The number of aromatic nitrogens is 4. The maximum Gasteiger partial charge on any atom is 0.275 e. The third kappa shape index (κ3) is 3.63. The molecule has 146 valence electrons. The molecule has 4 rings (SSSR count). The van der Waals surface area contributed by atoms with E-state index in [2.05, 4.69) is 19.7 Å². The van der Waals surface area contributed by atoms with E-state index in [9.17, 15) is 4.79 Å². The van der Waals surface area contributed by atoms with Crippen LogP contribution in [0.15, 0.2) is 10.7 Å². The summed E-state index contributed by atoms with van der Waals surface area (Å²) in [6, 6.07) is 0. The van der Waals surface area contributed by atoms with Gasteiger partial charge in [0.2, 0.25) is 0 Å². The number of ether oxygens (including phenoxy) is 1. The fraction of sp³-hybridized carbons (Fsp3) is 0.684.